The van der Waals surface area contributed by atoms with Gasteiger partial charge in [0, 0.05) is 16.8 Å². The lowest BCUT2D eigenvalue weighted by Gasteiger charge is -2.11. The summed E-state index contributed by atoms with van der Waals surface area (Å²) in [5.41, 5.74) is 2.14. The second-order valence-corrected chi connectivity index (χ2v) is 7.41. The molecular formula is C22H22N4OS. The third-order valence-electron chi connectivity index (χ3n) is 4.44. The highest BCUT2D eigenvalue weighted by molar-refractivity contribution is 7.09. The second kappa shape index (κ2) is 8.71. The van der Waals surface area contributed by atoms with Gasteiger partial charge in [0.1, 0.15) is 11.6 Å². The minimum atomic E-state index is 0.635. The third-order valence-corrected chi connectivity index (χ3v) is 5.32. The van der Waals surface area contributed by atoms with Crippen LogP contribution in [0.5, 0.6) is 5.75 Å². The Balaban J connectivity index is 1.48. The Hall–Kier alpha value is -3.12. The number of thiophene rings is 1. The first-order chi connectivity index (χ1) is 13.8. The summed E-state index contributed by atoms with van der Waals surface area (Å²) in [7, 11) is 1.69. The Bertz CT molecular complexity index is 1050. The number of para-hydroxylation sites is 1. The summed E-state index contributed by atoms with van der Waals surface area (Å²) >= 11 is 1.73. The van der Waals surface area contributed by atoms with Gasteiger partial charge in [0.15, 0.2) is 0 Å². The molecule has 0 aliphatic rings. The number of rotatable bonds is 8. The molecule has 6 heteroatoms. The van der Waals surface area contributed by atoms with E-state index in [9.17, 15) is 0 Å². The first-order valence-electron chi connectivity index (χ1n) is 9.21. The van der Waals surface area contributed by atoms with Crippen LogP contribution < -0.4 is 15.4 Å². The Morgan fingerprint density at radius 2 is 1.89 bits per heavy atom. The first-order valence-corrected chi connectivity index (χ1v) is 10.1. The lowest BCUT2D eigenvalue weighted by molar-refractivity contribution is 0.414. The van der Waals surface area contributed by atoms with Gasteiger partial charge in [-0.05, 0) is 47.7 Å². The maximum absolute atomic E-state index is 5.29. The van der Waals surface area contributed by atoms with Crippen molar-refractivity contribution in [3.05, 3.63) is 76.5 Å². The fourth-order valence-electron chi connectivity index (χ4n) is 3.02. The minimum Gasteiger partial charge on any atom is -0.497 e. The summed E-state index contributed by atoms with van der Waals surface area (Å²) in [5.74, 6) is 2.36. The van der Waals surface area contributed by atoms with E-state index < -0.39 is 0 Å². The lowest BCUT2D eigenvalue weighted by atomic mass is 10.1. The molecular weight excluding hydrogens is 368 g/mol. The summed E-state index contributed by atoms with van der Waals surface area (Å²) in [6.07, 6.45) is 0.866. The number of benzene rings is 2. The molecule has 0 saturated heterocycles. The van der Waals surface area contributed by atoms with Gasteiger partial charge in [0.2, 0.25) is 5.95 Å². The van der Waals surface area contributed by atoms with Crippen LogP contribution in [0.1, 0.15) is 10.4 Å². The van der Waals surface area contributed by atoms with Gasteiger partial charge in [-0.2, -0.15) is 4.98 Å². The Labute approximate surface area is 168 Å². The summed E-state index contributed by atoms with van der Waals surface area (Å²) in [6, 6.07) is 20.4. The molecule has 5 nitrogen and oxygen atoms in total. The summed E-state index contributed by atoms with van der Waals surface area (Å²) in [5, 5.41) is 9.92. The maximum atomic E-state index is 5.29. The van der Waals surface area contributed by atoms with Gasteiger partial charge in [-0.3, -0.25) is 0 Å². The average molecular weight is 391 g/mol. The molecule has 0 bridgehead atoms. The van der Waals surface area contributed by atoms with Crippen molar-refractivity contribution in [2.45, 2.75) is 13.0 Å². The molecule has 0 saturated carbocycles. The molecule has 0 aliphatic carbocycles. The normalized spacial score (nSPS) is 10.8. The van der Waals surface area contributed by atoms with Crippen LogP contribution in [0, 0.1) is 0 Å². The fraction of sp³-hybridized carbons (Fsp3) is 0.182. The molecule has 4 aromatic rings. The Morgan fingerprint density at radius 1 is 0.964 bits per heavy atom. The minimum absolute atomic E-state index is 0.635. The number of ether oxygens (including phenoxy) is 1. The zero-order valence-corrected chi connectivity index (χ0v) is 16.5. The number of nitrogens with one attached hydrogen (secondary N) is 2. The van der Waals surface area contributed by atoms with Gasteiger partial charge in [-0.15, -0.1) is 11.3 Å². The van der Waals surface area contributed by atoms with Crippen LogP contribution in [-0.2, 0) is 13.0 Å². The standard InChI is InChI=1S/C22H22N4OS/c1-27-17-7-4-6-16(14-17)11-12-23-22-25-20-10-3-2-9-19(20)21(26-22)24-15-18-8-5-13-28-18/h2-10,13-14H,11-12,15H2,1H3,(H2,23,24,25,26). The molecule has 0 fully saturated rings. The molecule has 2 aromatic heterocycles. The van der Waals surface area contributed by atoms with Gasteiger partial charge in [-0.25, -0.2) is 4.98 Å². The molecule has 0 aliphatic heterocycles. The Kier molecular flexibility index (Phi) is 5.68. The van der Waals surface area contributed by atoms with Crippen molar-refractivity contribution < 1.29 is 4.74 Å². The monoisotopic (exact) mass is 390 g/mol. The fourth-order valence-corrected chi connectivity index (χ4v) is 3.67. The van der Waals surface area contributed by atoms with Gasteiger partial charge < -0.3 is 15.4 Å². The molecule has 2 heterocycles. The van der Waals surface area contributed by atoms with Crippen molar-refractivity contribution in [1.82, 2.24) is 9.97 Å². The van der Waals surface area contributed by atoms with Gasteiger partial charge in [0.05, 0.1) is 19.2 Å². The van der Waals surface area contributed by atoms with Crippen molar-refractivity contribution in [3.8, 4) is 5.75 Å². The summed E-state index contributed by atoms with van der Waals surface area (Å²) in [4.78, 5) is 10.6. The summed E-state index contributed by atoms with van der Waals surface area (Å²) < 4.78 is 5.29. The van der Waals surface area contributed by atoms with E-state index in [0.717, 1.165) is 42.0 Å². The number of aromatic nitrogens is 2. The van der Waals surface area contributed by atoms with E-state index in [4.69, 9.17) is 9.72 Å². The number of hydrogen-bond acceptors (Lipinski definition) is 6. The SMILES string of the molecule is COc1cccc(CCNc2nc(NCc3cccs3)c3ccccc3n2)c1. The first kappa shape index (κ1) is 18.3. The average Bonchev–Trinajstić information content (AvgIpc) is 3.26. The molecule has 2 aromatic carbocycles. The van der Waals surface area contributed by atoms with Crippen LogP contribution in [0.25, 0.3) is 10.9 Å². The van der Waals surface area contributed by atoms with Crippen LogP contribution in [0.4, 0.5) is 11.8 Å². The smallest absolute Gasteiger partial charge is 0.225 e. The number of hydrogen-bond donors (Lipinski definition) is 2. The van der Waals surface area contributed by atoms with Crippen LogP contribution >= 0.6 is 11.3 Å². The van der Waals surface area contributed by atoms with Crippen molar-refractivity contribution >= 4 is 34.0 Å². The molecule has 0 atom stereocenters. The number of methoxy groups -OCH3 is 1. The van der Waals surface area contributed by atoms with E-state index in [-0.39, 0.29) is 0 Å². The van der Waals surface area contributed by atoms with E-state index in [1.165, 1.54) is 10.4 Å². The molecule has 0 spiro atoms. The highest BCUT2D eigenvalue weighted by atomic mass is 32.1. The molecule has 4 rings (SSSR count). The molecule has 28 heavy (non-hydrogen) atoms. The molecule has 142 valence electrons. The van der Waals surface area contributed by atoms with E-state index >= 15 is 0 Å². The van der Waals surface area contributed by atoms with Crippen molar-refractivity contribution in [2.24, 2.45) is 0 Å². The van der Waals surface area contributed by atoms with Crippen LogP contribution in [0.15, 0.2) is 66.0 Å². The predicted molar refractivity (Wildman–Crippen MR) is 116 cm³/mol. The molecule has 0 amide bonds. The Morgan fingerprint density at radius 3 is 2.75 bits per heavy atom. The quantitative estimate of drug-likeness (QED) is 0.445. The number of anilines is 2. The van der Waals surface area contributed by atoms with E-state index in [1.807, 2.05) is 36.4 Å². The highest BCUT2D eigenvalue weighted by Gasteiger charge is 2.08. The van der Waals surface area contributed by atoms with Crippen molar-refractivity contribution in [3.63, 3.8) is 0 Å². The van der Waals surface area contributed by atoms with Crippen LogP contribution in [-0.4, -0.2) is 23.6 Å². The lowest BCUT2D eigenvalue weighted by Crippen LogP contribution is -2.10. The predicted octanol–water partition coefficient (Wildman–Crippen LogP) is 4.97. The van der Waals surface area contributed by atoms with Crippen molar-refractivity contribution in [1.29, 1.82) is 0 Å². The van der Waals surface area contributed by atoms with Gasteiger partial charge >= 0.3 is 0 Å². The molecule has 0 unspecified atom stereocenters. The molecule has 2 N–H and O–H groups in total. The second-order valence-electron chi connectivity index (χ2n) is 6.37. The van der Waals surface area contributed by atoms with Gasteiger partial charge in [-0.1, -0.05) is 30.3 Å². The largest absolute Gasteiger partial charge is 0.497 e. The van der Waals surface area contributed by atoms with E-state index in [2.05, 4.69) is 45.3 Å². The zero-order valence-electron chi connectivity index (χ0n) is 15.7. The van der Waals surface area contributed by atoms with Crippen LogP contribution in [0.3, 0.4) is 0 Å². The maximum Gasteiger partial charge on any atom is 0.225 e. The number of fused-ring (bicyclic) bond motifs is 1. The number of nitrogens with zero attached hydrogens (tertiary/aromatic N) is 2. The van der Waals surface area contributed by atoms with Crippen molar-refractivity contribution in [2.75, 3.05) is 24.3 Å². The zero-order chi connectivity index (χ0) is 19.2. The third kappa shape index (κ3) is 4.40. The summed E-state index contributed by atoms with van der Waals surface area (Å²) in [6.45, 7) is 1.50. The van der Waals surface area contributed by atoms with Gasteiger partial charge in [0.25, 0.3) is 0 Å². The molecule has 0 radical (unpaired) electrons. The topological polar surface area (TPSA) is 59.1 Å². The highest BCUT2D eigenvalue weighted by Crippen LogP contribution is 2.23. The van der Waals surface area contributed by atoms with Crippen LogP contribution in [0.2, 0.25) is 0 Å². The van der Waals surface area contributed by atoms with E-state index in [1.54, 1.807) is 18.4 Å². The van der Waals surface area contributed by atoms with E-state index in [0.29, 0.717) is 5.95 Å².